The van der Waals surface area contributed by atoms with E-state index in [4.69, 9.17) is 5.11 Å². The van der Waals surface area contributed by atoms with Gasteiger partial charge in [-0.1, -0.05) is 0 Å². The molecule has 0 fully saturated rings. The van der Waals surface area contributed by atoms with Gasteiger partial charge in [0.2, 0.25) is 0 Å². The van der Waals surface area contributed by atoms with E-state index < -0.39 is 16.8 Å². The fourth-order valence-corrected chi connectivity index (χ4v) is 2.39. The van der Waals surface area contributed by atoms with Gasteiger partial charge in [0, 0.05) is 47.9 Å². The fourth-order valence-electron chi connectivity index (χ4n) is 1.70. The molecule has 118 valence electrons. The first-order valence-corrected chi connectivity index (χ1v) is 8.55. The quantitative estimate of drug-likeness (QED) is 0.674. The molecule has 2 atom stereocenters. The second-order valence-electron chi connectivity index (χ2n) is 5.20. The van der Waals surface area contributed by atoms with Gasteiger partial charge in [0.05, 0.1) is 0 Å². The molecule has 0 bridgehead atoms. The molecule has 0 aromatic heterocycles. The Labute approximate surface area is 123 Å². The highest BCUT2D eigenvalue weighted by molar-refractivity contribution is 7.84. The number of urea groups is 1. The van der Waals surface area contributed by atoms with Crippen LogP contribution in [0.25, 0.3) is 0 Å². The van der Waals surface area contributed by atoms with Crippen molar-refractivity contribution in [2.75, 3.05) is 18.6 Å². The smallest absolute Gasteiger partial charge is 0.317 e. The Morgan fingerprint density at radius 1 is 1.30 bits per heavy atom. The molecule has 0 spiro atoms. The lowest BCUT2D eigenvalue weighted by atomic mass is 10.2. The van der Waals surface area contributed by atoms with Crippen LogP contribution in [0.1, 0.15) is 40.0 Å². The average Bonchev–Trinajstić information content (AvgIpc) is 2.31. The van der Waals surface area contributed by atoms with Crippen LogP contribution in [0.4, 0.5) is 4.79 Å². The number of carboxylic acid groups (broad SMARTS) is 1. The van der Waals surface area contributed by atoms with E-state index in [-0.39, 0.29) is 24.5 Å². The van der Waals surface area contributed by atoms with E-state index in [0.29, 0.717) is 25.1 Å². The number of nitrogens with zero attached hydrogens (tertiary/aromatic N) is 1. The van der Waals surface area contributed by atoms with Crippen LogP contribution < -0.4 is 5.32 Å². The lowest BCUT2D eigenvalue weighted by Crippen LogP contribution is -2.47. The maximum absolute atomic E-state index is 12.1. The monoisotopic (exact) mass is 306 g/mol. The van der Waals surface area contributed by atoms with Crippen molar-refractivity contribution in [3.05, 3.63) is 0 Å². The Kier molecular flexibility index (Phi) is 9.20. The minimum atomic E-state index is -0.861. The van der Waals surface area contributed by atoms with Crippen molar-refractivity contribution in [1.82, 2.24) is 10.2 Å². The summed E-state index contributed by atoms with van der Waals surface area (Å²) in [5, 5.41) is 11.5. The highest BCUT2D eigenvalue weighted by atomic mass is 32.2. The highest BCUT2D eigenvalue weighted by Crippen LogP contribution is 2.04. The van der Waals surface area contributed by atoms with Crippen LogP contribution in [-0.4, -0.2) is 56.9 Å². The molecule has 0 aliphatic rings. The van der Waals surface area contributed by atoms with Gasteiger partial charge < -0.3 is 15.3 Å². The molecule has 20 heavy (non-hydrogen) atoms. The predicted octanol–water partition coefficient (Wildman–Crippen LogP) is 1.43. The number of carboxylic acids is 1. The molecule has 2 unspecified atom stereocenters. The van der Waals surface area contributed by atoms with Crippen molar-refractivity contribution in [3.63, 3.8) is 0 Å². The summed E-state index contributed by atoms with van der Waals surface area (Å²) in [5.74, 6) is -0.296. The third-order valence-electron chi connectivity index (χ3n) is 2.88. The summed E-state index contributed by atoms with van der Waals surface area (Å²) >= 11 is 0. The van der Waals surface area contributed by atoms with Crippen molar-refractivity contribution in [2.24, 2.45) is 0 Å². The second-order valence-corrected chi connectivity index (χ2v) is 6.76. The first kappa shape index (κ1) is 18.9. The topological polar surface area (TPSA) is 86.7 Å². The summed E-state index contributed by atoms with van der Waals surface area (Å²) < 4.78 is 11.0. The van der Waals surface area contributed by atoms with E-state index in [0.717, 1.165) is 0 Å². The van der Waals surface area contributed by atoms with Crippen molar-refractivity contribution in [3.8, 4) is 0 Å². The molecule has 0 saturated heterocycles. The van der Waals surface area contributed by atoms with Crippen molar-refractivity contribution >= 4 is 22.8 Å². The third kappa shape index (κ3) is 8.90. The van der Waals surface area contributed by atoms with Gasteiger partial charge in [-0.25, -0.2) is 4.79 Å². The zero-order chi connectivity index (χ0) is 15.7. The Hall–Kier alpha value is -1.11. The number of carbonyl (C=O) groups is 2. The molecule has 0 aromatic rings. The highest BCUT2D eigenvalue weighted by Gasteiger charge is 2.18. The molecule has 0 aromatic carbocycles. The van der Waals surface area contributed by atoms with Gasteiger partial charge in [0.1, 0.15) is 0 Å². The lowest BCUT2D eigenvalue weighted by molar-refractivity contribution is -0.137. The third-order valence-corrected chi connectivity index (χ3v) is 3.69. The van der Waals surface area contributed by atoms with Crippen molar-refractivity contribution in [1.29, 1.82) is 0 Å². The predicted molar refractivity (Wildman–Crippen MR) is 80.3 cm³/mol. The summed E-state index contributed by atoms with van der Waals surface area (Å²) in [4.78, 5) is 24.2. The Morgan fingerprint density at radius 2 is 1.90 bits per heavy atom. The minimum Gasteiger partial charge on any atom is -0.481 e. The first-order valence-electron chi connectivity index (χ1n) is 6.83. The molecular formula is C13H26N2O4S. The summed E-state index contributed by atoms with van der Waals surface area (Å²) in [6.45, 7) is 6.08. The van der Waals surface area contributed by atoms with Gasteiger partial charge in [-0.15, -0.1) is 0 Å². The molecule has 0 radical (unpaired) electrons. The van der Waals surface area contributed by atoms with Crippen LogP contribution in [-0.2, 0) is 15.6 Å². The van der Waals surface area contributed by atoms with Crippen molar-refractivity contribution in [2.45, 2.75) is 52.1 Å². The van der Waals surface area contributed by atoms with Gasteiger partial charge in [-0.05, 0) is 33.6 Å². The van der Waals surface area contributed by atoms with Crippen LogP contribution in [0.5, 0.6) is 0 Å². The number of carbonyl (C=O) groups excluding carboxylic acids is 1. The van der Waals surface area contributed by atoms with Gasteiger partial charge in [0.25, 0.3) is 0 Å². The van der Waals surface area contributed by atoms with Crippen LogP contribution in [0, 0.1) is 0 Å². The van der Waals surface area contributed by atoms with E-state index in [9.17, 15) is 13.8 Å². The summed E-state index contributed by atoms with van der Waals surface area (Å²) in [6, 6.07) is -0.233. The van der Waals surface area contributed by atoms with Gasteiger partial charge >= 0.3 is 12.0 Å². The molecule has 0 heterocycles. The SMILES string of the molecule is CC(CCS(C)=O)NC(=O)N(CCCC(=O)O)C(C)C. The number of hydrogen-bond acceptors (Lipinski definition) is 3. The van der Waals surface area contributed by atoms with Gasteiger partial charge in [-0.3, -0.25) is 9.00 Å². The van der Waals surface area contributed by atoms with E-state index in [2.05, 4.69) is 5.32 Å². The Balaban J connectivity index is 4.27. The molecule has 0 aliphatic carbocycles. The van der Waals surface area contributed by atoms with E-state index >= 15 is 0 Å². The molecule has 6 nitrogen and oxygen atoms in total. The molecule has 2 amide bonds. The van der Waals surface area contributed by atoms with Crippen LogP contribution >= 0.6 is 0 Å². The molecular weight excluding hydrogens is 280 g/mol. The second kappa shape index (κ2) is 9.74. The zero-order valence-corrected chi connectivity index (χ0v) is 13.5. The number of rotatable bonds is 9. The maximum atomic E-state index is 12.1. The van der Waals surface area contributed by atoms with Crippen LogP contribution in [0.3, 0.4) is 0 Å². The Morgan fingerprint density at radius 3 is 2.35 bits per heavy atom. The normalized spacial score (nSPS) is 13.8. The van der Waals surface area contributed by atoms with Gasteiger partial charge in [0.15, 0.2) is 0 Å². The molecule has 7 heteroatoms. The molecule has 0 saturated carbocycles. The standard InChI is InChI=1S/C13H26N2O4S/c1-10(2)15(8-5-6-12(16)17)13(18)14-11(3)7-9-20(4)19/h10-11H,5-9H2,1-4H3,(H,14,18)(H,16,17). The molecule has 0 rings (SSSR count). The summed E-state index contributed by atoms with van der Waals surface area (Å²) in [5.41, 5.74) is 0. The van der Waals surface area contributed by atoms with Crippen molar-refractivity contribution < 1.29 is 18.9 Å². The number of aliphatic carboxylic acids is 1. The van der Waals surface area contributed by atoms with E-state index in [1.165, 1.54) is 0 Å². The minimum absolute atomic E-state index is 0.0105. The average molecular weight is 306 g/mol. The summed E-state index contributed by atoms with van der Waals surface area (Å²) in [6.07, 6.45) is 2.80. The van der Waals surface area contributed by atoms with E-state index in [1.54, 1.807) is 11.2 Å². The number of amides is 2. The van der Waals surface area contributed by atoms with Gasteiger partial charge in [-0.2, -0.15) is 0 Å². The number of nitrogens with one attached hydrogen (secondary N) is 1. The number of hydrogen-bond donors (Lipinski definition) is 2. The molecule has 2 N–H and O–H groups in total. The lowest BCUT2D eigenvalue weighted by Gasteiger charge is -2.28. The van der Waals surface area contributed by atoms with Crippen LogP contribution in [0.15, 0.2) is 0 Å². The molecule has 0 aliphatic heterocycles. The first-order chi connectivity index (χ1) is 9.23. The zero-order valence-electron chi connectivity index (χ0n) is 12.7. The fraction of sp³-hybridized carbons (Fsp3) is 0.846. The Bertz CT molecular complexity index is 347. The van der Waals surface area contributed by atoms with Crippen LogP contribution in [0.2, 0.25) is 0 Å². The van der Waals surface area contributed by atoms with E-state index in [1.807, 2.05) is 20.8 Å². The maximum Gasteiger partial charge on any atom is 0.317 e. The summed E-state index contributed by atoms with van der Waals surface area (Å²) in [7, 11) is -0.861. The largest absolute Gasteiger partial charge is 0.481 e.